The highest BCUT2D eigenvalue weighted by molar-refractivity contribution is 5.76. The van der Waals surface area contributed by atoms with E-state index in [-0.39, 0.29) is 11.0 Å². The zero-order valence-electron chi connectivity index (χ0n) is 9.91. The molecule has 0 unspecified atom stereocenters. The average Bonchev–Trinajstić information content (AvgIpc) is 2.14. The van der Waals surface area contributed by atoms with E-state index in [9.17, 15) is 4.79 Å². The lowest BCUT2D eigenvalue weighted by atomic mass is 9.88. The molecule has 0 bridgehead atoms. The first-order valence-corrected chi connectivity index (χ1v) is 5.47. The lowest BCUT2D eigenvalue weighted by Gasteiger charge is -2.17. The molecule has 1 heterocycles. The molecule has 2 rings (SSSR count). The van der Waals surface area contributed by atoms with Crippen molar-refractivity contribution >= 4 is 11.0 Å². The Morgan fingerprint density at radius 3 is 2.50 bits per heavy atom. The van der Waals surface area contributed by atoms with Gasteiger partial charge in [0.25, 0.3) is 0 Å². The van der Waals surface area contributed by atoms with Gasteiger partial charge in [0.15, 0.2) is 0 Å². The first-order valence-electron chi connectivity index (χ1n) is 5.47. The van der Waals surface area contributed by atoms with E-state index in [4.69, 9.17) is 4.42 Å². The second-order valence-electron chi connectivity index (χ2n) is 5.36. The van der Waals surface area contributed by atoms with Gasteiger partial charge >= 0.3 is 5.63 Å². The summed E-state index contributed by atoms with van der Waals surface area (Å²) in [6.45, 7) is 6.58. The Kier molecular flexibility index (Phi) is 2.58. The van der Waals surface area contributed by atoms with E-state index >= 15 is 0 Å². The van der Waals surface area contributed by atoms with Gasteiger partial charge in [-0.3, -0.25) is 0 Å². The third-order valence-electron chi connectivity index (χ3n) is 2.42. The van der Waals surface area contributed by atoms with Gasteiger partial charge in [0.05, 0.1) is 0 Å². The smallest absolute Gasteiger partial charge is 0.336 e. The molecule has 2 heteroatoms. The standard InChI is InChI=1S/C14H16O2/c1-14(2,3)9-10-4-5-11-6-7-13(15)16-12(11)8-10/h4-8H,9H2,1-3H3. The number of hydrogen-bond donors (Lipinski definition) is 0. The molecule has 16 heavy (non-hydrogen) atoms. The molecule has 0 spiro atoms. The van der Waals surface area contributed by atoms with Gasteiger partial charge in [0.2, 0.25) is 0 Å². The van der Waals surface area contributed by atoms with Gasteiger partial charge in [-0.2, -0.15) is 0 Å². The monoisotopic (exact) mass is 216 g/mol. The predicted molar refractivity (Wildman–Crippen MR) is 65.6 cm³/mol. The van der Waals surface area contributed by atoms with Crippen LogP contribution in [-0.2, 0) is 6.42 Å². The van der Waals surface area contributed by atoms with Crippen molar-refractivity contribution in [1.29, 1.82) is 0 Å². The molecule has 0 saturated heterocycles. The summed E-state index contributed by atoms with van der Waals surface area (Å²) in [6, 6.07) is 9.29. The van der Waals surface area contributed by atoms with Crippen LogP contribution in [0.5, 0.6) is 0 Å². The maximum Gasteiger partial charge on any atom is 0.336 e. The van der Waals surface area contributed by atoms with Gasteiger partial charge < -0.3 is 4.42 Å². The second-order valence-corrected chi connectivity index (χ2v) is 5.36. The highest BCUT2D eigenvalue weighted by atomic mass is 16.4. The van der Waals surface area contributed by atoms with Gasteiger partial charge in [-0.25, -0.2) is 4.79 Å². The van der Waals surface area contributed by atoms with E-state index in [1.807, 2.05) is 12.1 Å². The number of rotatable bonds is 1. The SMILES string of the molecule is CC(C)(C)Cc1ccc2ccc(=O)oc2c1. The Morgan fingerprint density at radius 2 is 1.81 bits per heavy atom. The van der Waals surface area contributed by atoms with Crippen molar-refractivity contribution in [2.75, 3.05) is 0 Å². The fourth-order valence-corrected chi connectivity index (χ4v) is 1.83. The molecule has 0 aliphatic rings. The van der Waals surface area contributed by atoms with Crippen LogP contribution in [0.3, 0.4) is 0 Å². The van der Waals surface area contributed by atoms with E-state index in [1.165, 1.54) is 11.6 Å². The van der Waals surface area contributed by atoms with Crippen molar-refractivity contribution in [3.8, 4) is 0 Å². The molecule has 0 amide bonds. The molecule has 1 aromatic heterocycles. The van der Waals surface area contributed by atoms with Gasteiger partial charge in [-0.05, 0) is 29.5 Å². The molecular formula is C14H16O2. The largest absolute Gasteiger partial charge is 0.423 e. The minimum atomic E-state index is -0.291. The molecule has 0 atom stereocenters. The minimum Gasteiger partial charge on any atom is -0.423 e. The lowest BCUT2D eigenvalue weighted by molar-refractivity contribution is 0.411. The Hall–Kier alpha value is -1.57. The molecule has 0 N–H and O–H groups in total. The molecule has 2 aromatic rings. The summed E-state index contributed by atoms with van der Waals surface area (Å²) in [5, 5.41) is 0.970. The quantitative estimate of drug-likeness (QED) is 0.684. The average molecular weight is 216 g/mol. The van der Waals surface area contributed by atoms with Crippen molar-refractivity contribution in [2.45, 2.75) is 27.2 Å². The third kappa shape index (κ3) is 2.51. The molecular weight excluding hydrogens is 200 g/mol. The fourth-order valence-electron chi connectivity index (χ4n) is 1.83. The fraction of sp³-hybridized carbons (Fsp3) is 0.357. The summed E-state index contributed by atoms with van der Waals surface area (Å²) in [4.78, 5) is 11.1. The van der Waals surface area contributed by atoms with E-state index in [2.05, 4.69) is 26.8 Å². The van der Waals surface area contributed by atoms with Crippen LogP contribution in [0.25, 0.3) is 11.0 Å². The highest BCUT2D eigenvalue weighted by Crippen LogP contribution is 2.23. The Balaban J connectivity index is 2.47. The third-order valence-corrected chi connectivity index (χ3v) is 2.42. The molecule has 0 saturated carbocycles. The van der Waals surface area contributed by atoms with Crippen molar-refractivity contribution in [1.82, 2.24) is 0 Å². The minimum absolute atomic E-state index is 0.239. The van der Waals surface area contributed by atoms with Crippen molar-refractivity contribution < 1.29 is 4.42 Å². The zero-order chi connectivity index (χ0) is 11.8. The normalized spacial score (nSPS) is 11.9. The van der Waals surface area contributed by atoms with Crippen LogP contribution in [-0.4, -0.2) is 0 Å². The van der Waals surface area contributed by atoms with Crippen LogP contribution in [0.1, 0.15) is 26.3 Å². The van der Waals surface area contributed by atoms with Crippen LogP contribution in [0.4, 0.5) is 0 Å². The lowest BCUT2D eigenvalue weighted by Crippen LogP contribution is -2.09. The summed E-state index contributed by atoms with van der Waals surface area (Å²) in [5.41, 5.74) is 1.83. The van der Waals surface area contributed by atoms with Crippen LogP contribution >= 0.6 is 0 Å². The summed E-state index contributed by atoms with van der Waals surface area (Å²) < 4.78 is 5.16. The Morgan fingerprint density at radius 1 is 1.12 bits per heavy atom. The molecule has 0 radical (unpaired) electrons. The zero-order valence-corrected chi connectivity index (χ0v) is 9.91. The maximum absolute atomic E-state index is 11.1. The number of benzene rings is 1. The van der Waals surface area contributed by atoms with E-state index in [0.29, 0.717) is 5.58 Å². The molecule has 2 nitrogen and oxygen atoms in total. The van der Waals surface area contributed by atoms with E-state index in [0.717, 1.165) is 11.8 Å². The molecule has 0 aliphatic carbocycles. The predicted octanol–water partition coefficient (Wildman–Crippen LogP) is 3.38. The van der Waals surface area contributed by atoms with Crippen LogP contribution < -0.4 is 5.63 Å². The summed E-state index contributed by atoms with van der Waals surface area (Å²) in [7, 11) is 0. The Labute approximate surface area is 94.9 Å². The Bertz CT molecular complexity index is 559. The van der Waals surface area contributed by atoms with Crippen LogP contribution in [0.2, 0.25) is 0 Å². The van der Waals surface area contributed by atoms with Crippen molar-refractivity contribution in [3.05, 3.63) is 46.3 Å². The van der Waals surface area contributed by atoms with Crippen molar-refractivity contribution in [3.63, 3.8) is 0 Å². The topological polar surface area (TPSA) is 30.2 Å². The van der Waals surface area contributed by atoms with Crippen LogP contribution in [0, 0.1) is 5.41 Å². The molecule has 84 valence electrons. The molecule has 0 fully saturated rings. The van der Waals surface area contributed by atoms with E-state index < -0.39 is 0 Å². The van der Waals surface area contributed by atoms with Gasteiger partial charge in [-0.1, -0.05) is 32.9 Å². The van der Waals surface area contributed by atoms with Gasteiger partial charge in [-0.15, -0.1) is 0 Å². The summed E-state index contributed by atoms with van der Waals surface area (Å²) in [6.07, 6.45) is 0.974. The summed E-state index contributed by atoms with van der Waals surface area (Å²) in [5.74, 6) is 0. The van der Waals surface area contributed by atoms with Crippen molar-refractivity contribution in [2.24, 2.45) is 5.41 Å². The first-order chi connectivity index (χ1) is 7.44. The number of hydrogen-bond acceptors (Lipinski definition) is 2. The van der Waals surface area contributed by atoms with Gasteiger partial charge in [0.1, 0.15) is 5.58 Å². The van der Waals surface area contributed by atoms with Gasteiger partial charge in [0, 0.05) is 11.5 Å². The first kappa shape index (κ1) is 10.9. The maximum atomic E-state index is 11.1. The number of fused-ring (bicyclic) bond motifs is 1. The van der Waals surface area contributed by atoms with Crippen LogP contribution in [0.15, 0.2) is 39.5 Å². The summed E-state index contributed by atoms with van der Waals surface area (Å²) >= 11 is 0. The second kappa shape index (κ2) is 3.78. The molecule has 0 aliphatic heterocycles. The molecule has 1 aromatic carbocycles. The highest BCUT2D eigenvalue weighted by Gasteiger charge is 2.11. The van der Waals surface area contributed by atoms with E-state index in [1.54, 1.807) is 6.07 Å².